The van der Waals surface area contributed by atoms with Crippen LogP contribution >= 0.6 is 0 Å². The Balaban J connectivity index is 2.38. The summed E-state index contributed by atoms with van der Waals surface area (Å²) >= 11 is 0. The van der Waals surface area contributed by atoms with Crippen LogP contribution in [0.4, 0.5) is 10.2 Å². The van der Waals surface area contributed by atoms with Gasteiger partial charge in [-0.05, 0) is 18.1 Å². The number of nitrogens with two attached hydrogens (primary N) is 1. The molecule has 0 aliphatic rings. The van der Waals surface area contributed by atoms with Crippen LogP contribution in [-0.2, 0) is 7.05 Å². The molecule has 0 spiro atoms. The van der Waals surface area contributed by atoms with Crippen LogP contribution in [0.15, 0.2) is 30.5 Å². The molecule has 1 unspecified atom stereocenters. The third kappa shape index (κ3) is 1.78. The number of hydrogen-bond acceptors (Lipinski definition) is 2. The van der Waals surface area contributed by atoms with Crippen LogP contribution in [0.1, 0.15) is 18.7 Å². The molecular formula is C12H14FN3. The first kappa shape index (κ1) is 10.7. The van der Waals surface area contributed by atoms with Crippen molar-refractivity contribution in [1.29, 1.82) is 0 Å². The van der Waals surface area contributed by atoms with Gasteiger partial charge in [-0.1, -0.05) is 24.3 Å². The van der Waals surface area contributed by atoms with Crippen molar-refractivity contribution in [2.45, 2.75) is 13.1 Å². The second kappa shape index (κ2) is 3.96. The summed E-state index contributed by atoms with van der Waals surface area (Å²) in [5.74, 6) is 0.612. The summed E-state index contributed by atoms with van der Waals surface area (Å²) in [5.41, 5.74) is 8.36. The largest absolute Gasteiger partial charge is 0.383 e. The van der Waals surface area contributed by atoms with Gasteiger partial charge < -0.3 is 5.73 Å². The Hall–Kier alpha value is -1.84. The second-order valence-electron chi connectivity index (χ2n) is 3.81. The first-order chi connectivity index (χ1) is 7.59. The van der Waals surface area contributed by atoms with Crippen LogP contribution in [0, 0.1) is 0 Å². The van der Waals surface area contributed by atoms with Gasteiger partial charge in [-0.25, -0.2) is 4.39 Å². The van der Waals surface area contributed by atoms with Gasteiger partial charge in [-0.3, -0.25) is 4.68 Å². The maximum atomic E-state index is 13.0. The Kier molecular flexibility index (Phi) is 2.64. The second-order valence-corrected chi connectivity index (χ2v) is 3.81. The fourth-order valence-corrected chi connectivity index (χ4v) is 1.60. The quantitative estimate of drug-likeness (QED) is 0.843. The van der Waals surface area contributed by atoms with E-state index in [1.807, 2.05) is 12.1 Å². The predicted octanol–water partition coefficient (Wildman–Crippen LogP) is 2.70. The van der Waals surface area contributed by atoms with Crippen LogP contribution < -0.4 is 5.73 Å². The molecule has 0 fully saturated rings. The van der Waals surface area contributed by atoms with Gasteiger partial charge in [0, 0.05) is 12.6 Å². The summed E-state index contributed by atoms with van der Waals surface area (Å²) in [6.45, 7) is 1.52. The molecule has 2 rings (SSSR count). The molecule has 0 bridgehead atoms. The molecule has 0 aliphatic heterocycles. The molecule has 1 atom stereocenters. The van der Waals surface area contributed by atoms with E-state index in [0.29, 0.717) is 11.4 Å². The van der Waals surface area contributed by atoms with Crippen molar-refractivity contribution in [2.75, 3.05) is 5.73 Å². The fourth-order valence-electron chi connectivity index (χ4n) is 1.60. The molecular weight excluding hydrogens is 205 g/mol. The highest BCUT2D eigenvalue weighted by molar-refractivity contribution is 5.73. The van der Waals surface area contributed by atoms with Gasteiger partial charge in [0.15, 0.2) is 0 Å². The molecule has 0 saturated carbocycles. The summed E-state index contributed by atoms with van der Waals surface area (Å²) < 4.78 is 14.6. The normalized spacial score (nSPS) is 12.7. The number of alkyl halides is 1. The third-order valence-corrected chi connectivity index (χ3v) is 2.67. The Morgan fingerprint density at radius 2 is 1.94 bits per heavy atom. The molecule has 4 heteroatoms. The zero-order chi connectivity index (χ0) is 11.7. The van der Waals surface area contributed by atoms with Crippen molar-refractivity contribution < 1.29 is 4.39 Å². The number of rotatable bonds is 2. The smallest absolute Gasteiger partial charge is 0.129 e. The topological polar surface area (TPSA) is 43.8 Å². The highest BCUT2D eigenvalue weighted by atomic mass is 19.1. The monoisotopic (exact) mass is 219 g/mol. The zero-order valence-electron chi connectivity index (χ0n) is 9.31. The van der Waals surface area contributed by atoms with E-state index in [-0.39, 0.29) is 0 Å². The Bertz CT molecular complexity index is 485. The van der Waals surface area contributed by atoms with Gasteiger partial charge in [0.1, 0.15) is 12.0 Å². The van der Waals surface area contributed by atoms with Crippen LogP contribution in [0.25, 0.3) is 11.1 Å². The summed E-state index contributed by atoms with van der Waals surface area (Å²) in [6.07, 6.45) is 0.767. The summed E-state index contributed by atoms with van der Waals surface area (Å²) in [6, 6.07) is 7.26. The maximum absolute atomic E-state index is 13.0. The van der Waals surface area contributed by atoms with Crippen molar-refractivity contribution in [2.24, 2.45) is 7.05 Å². The Morgan fingerprint density at radius 3 is 2.38 bits per heavy atom. The van der Waals surface area contributed by atoms with Crippen LogP contribution in [-0.4, -0.2) is 9.78 Å². The predicted molar refractivity (Wildman–Crippen MR) is 62.6 cm³/mol. The molecule has 16 heavy (non-hydrogen) atoms. The molecule has 2 aromatic rings. The van der Waals surface area contributed by atoms with E-state index >= 15 is 0 Å². The summed E-state index contributed by atoms with van der Waals surface area (Å²) in [4.78, 5) is 0. The minimum atomic E-state index is -0.944. The lowest BCUT2D eigenvalue weighted by molar-refractivity contribution is 0.374. The van der Waals surface area contributed by atoms with Gasteiger partial charge in [0.25, 0.3) is 0 Å². The number of aryl methyl sites for hydroxylation is 1. The van der Waals surface area contributed by atoms with Crippen LogP contribution in [0.5, 0.6) is 0 Å². The molecule has 2 N–H and O–H groups in total. The number of halogens is 1. The Morgan fingerprint density at radius 1 is 1.31 bits per heavy atom. The standard InChI is InChI=1S/C12H14FN3/c1-8(13)9-3-5-10(6-4-9)11-7-15-16(2)12(11)14/h3-8H,14H2,1-2H3. The van der Waals surface area contributed by atoms with E-state index in [1.54, 1.807) is 30.1 Å². The maximum Gasteiger partial charge on any atom is 0.129 e. The van der Waals surface area contributed by atoms with Crippen molar-refractivity contribution in [3.05, 3.63) is 36.0 Å². The van der Waals surface area contributed by atoms with E-state index in [0.717, 1.165) is 11.1 Å². The minimum absolute atomic E-state index is 0.612. The van der Waals surface area contributed by atoms with Gasteiger partial charge >= 0.3 is 0 Å². The lowest BCUT2D eigenvalue weighted by Crippen LogP contribution is -1.98. The van der Waals surface area contributed by atoms with E-state index in [2.05, 4.69) is 5.10 Å². The third-order valence-electron chi connectivity index (χ3n) is 2.67. The minimum Gasteiger partial charge on any atom is -0.383 e. The molecule has 84 valence electrons. The van der Waals surface area contributed by atoms with Gasteiger partial charge in [0.05, 0.1) is 6.20 Å². The number of anilines is 1. The molecule has 0 aliphatic carbocycles. The first-order valence-electron chi connectivity index (χ1n) is 5.11. The summed E-state index contributed by atoms with van der Waals surface area (Å²) in [7, 11) is 1.79. The van der Waals surface area contributed by atoms with Crippen LogP contribution in [0.3, 0.4) is 0 Å². The van der Waals surface area contributed by atoms with Gasteiger partial charge in [-0.15, -0.1) is 0 Å². The molecule has 0 saturated heterocycles. The summed E-state index contributed by atoms with van der Waals surface area (Å²) in [5, 5.41) is 4.07. The Labute approximate surface area is 93.7 Å². The first-order valence-corrected chi connectivity index (χ1v) is 5.11. The SMILES string of the molecule is CC(F)c1ccc(-c2cnn(C)c2N)cc1. The van der Waals surface area contributed by atoms with Crippen molar-refractivity contribution in [3.8, 4) is 11.1 Å². The number of hydrogen-bond donors (Lipinski definition) is 1. The molecule has 3 nitrogen and oxygen atoms in total. The lowest BCUT2D eigenvalue weighted by atomic mass is 10.0. The lowest BCUT2D eigenvalue weighted by Gasteiger charge is -2.04. The average Bonchev–Trinajstić information content (AvgIpc) is 2.60. The average molecular weight is 219 g/mol. The molecule has 0 radical (unpaired) electrons. The van der Waals surface area contributed by atoms with Crippen molar-refractivity contribution >= 4 is 5.82 Å². The molecule has 0 amide bonds. The number of nitrogen functional groups attached to an aromatic ring is 1. The van der Waals surface area contributed by atoms with E-state index in [1.165, 1.54) is 6.92 Å². The fraction of sp³-hybridized carbons (Fsp3) is 0.250. The number of nitrogens with zero attached hydrogens (tertiary/aromatic N) is 2. The molecule has 1 aromatic heterocycles. The highest BCUT2D eigenvalue weighted by Crippen LogP contribution is 2.26. The van der Waals surface area contributed by atoms with E-state index in [4.69, 9.17) is 5.73 Å². The van der Waals surface area contributed by atoms with Gasteiger partial charge in [-0.2, -0.15) is 5.10 Å². The van der Waals surface area contributed by atoms with Crippen molar-refractivity contribution in [1.82, 2.24) is 9.78 Å². The van der Waals surface area contributed by atoms with Gasteiger partial charge in [0.2, 0.25) is 0 Å². The molecule has 1 aromatic carbocycles. The number of benzene rings is 1. The number of aromatic nitrogens is 2. The van der Waals surface area contributed by atoms with Crippen LogP contribution in [0.2, 0.25) is 0 Å². The highest BCUT2D eigenvalue weighted by Gasteiger charge is 2.08. The van der Waals surface area contributed by atoms with Crippen molar-refractivity contribution in [3.63, 3.8) is 0 Å². The zero-order valence-corrected chi connectivity index (χ0v) is 9.31. The van der Waals surface area contributed by atoms with E-state index < -0.39 is 6.17 Å². The molecule has 1 heterocycles. The van der Waals surface area contributed by atoms with E-state index in [9.17, 15) is 4.39 Å².